The molecule has 0 aromatic carbocycles. The molecule has 0 aliphatic heterocycles. The van der Waals surface area contributed by atoms with Crippen LogP contribution in [0.2, 0.25) is 0 Å². The number of alkyl halides is 2. The molecule has 0 spiro atoms. The van der Waals surface area contributed by atoms with E-state index in [1.807, 2.05) is 34.6 Å². The van der Waals surface area contributed by atoms with E-state index in [0.29, 0.717) is 12.8 Å². The van der Waals surface area contributed by atoms with Gasteiger partial charge >= 0.3 is 17.9 Å². The first-order chi connectivity index (χ1) is 11.7. The van der Waals surface area contributed by atoms with Crippen LogP contribution in [0.4, 0.5) is 8.78 Å². The van der Waals surface area contributed by atoms with E-state index in [-0.39, 0.29) is 11.8 Å². The van der Waals surface area contributed by atoms with Crippen molar-refractivity contribution in [1.82, 2.24) is 0 Å². The number of hydrogen-bond donors (Lipinski definition) is 1. The lowest BCUT2D eigenvalue weighted by atomic mass is 9.58. The first kappa shape index (κ1) is 24.8. The lowest BCUT2D eigenvalue weighted by molar-refractivity contribution is -0.203. The predicted octanol–water partition coefficient (Wildman–Crippen LogP) is 5.69. The van der Waals surface area contributed by atoms with Crippen molar-refractivity contribution in [1.29, 1.82) is 0 Å². The summed E-state index contributed by atoms with van der Waals surface area (Å²) in [6, 6.07) is 0. The van der Waals surface area contributed by atoms with Crippen molar-refractivity contribution in [2.75, 3.05) is 0 Å². The Hall–Kier alpha value is -1.20. The number of aliphatic carboxylic acids is 1. The third-order valence-corrected chi connectivity index (χ3v) is 6.63. The first-order valence-electron chi connectivity index (χ1n) is 9.49. The summed E-state index contributed by atoms with van der Waals surface area (Å²) in [6.45, 7) is 15.1. The molecule has 2 atom stereocenters. The molecule has 26 heavy (non-hydrogen) atoms. The number of halogens is 2. The summed E-state index contributed by atoms with van der Waals surface area (Å²) in [6.07, 6.45) is 0.584. The number of carboxylic acid groups (broad SMARTS) is 1. The third kappa shape index (κ3) is 4.95. The molecule has 0 bridgehead atoms. The third-order valence-electron chi connectivity index (χ3n) is 6.63. The second-order valence-electron chi connectivity index (χ2n) is 8.49. The molecule has 0 saturated carbocycles. The van der Waals surface area contributed by atoms with Gasteiger partial charge in [-0.25, -0.2) is 4.79 Å². The fraction of sp³-hybridized carbons (Fsp3) is 0.900. The number of carboxylic acids is 1. The highest BCUT2D eigenvalue weighted by Crippen LogP contribution is 2.51. The molecule has 0 saturated heterocycles. The van der Waals surface area contributed by atoms with Crippen LogP contribution >= 0.6 is 0 Å². The average molecular weight is 379 g/mol. The van der Waals surface area contributed by atoms with E-state index in [9.17, 15) is 18.4 Å². The van der Waals surface area contributed by atoms with Crippen LogP contribution in [0, 0.1) is 16.2 Å². The minimum atomic E-state index is -4.11. The van der Waals surface area contributed by atoms with Crippen molar-refractivity contribution >= 4 is 11.9 Å². The van der Waals surface area contributed by atoms with Gasteiger partial charge < -0.3 is 9.84 Å². The van der Waals surface area contributed by atoms with Crippen LogP contribution in [-0.4, -0.2) is 29.1 Å². The molecule has 154 valence electrons. The molecule has 0 aliphatic rings. The number of esters is 1. The van der Waals surface area contributed by atoms with Crippen molar-refractivity contribution in [3.05, 3.63) is 0 Å². The van der Waals surface area contributed by atoms with Crippen LogP contribution < -0.4 is 0 Å². The Kier molecular flexibility index (Phi) is 8.26. The summed E-state index contributed by atoms with van der Waals surface area (Å²) < 4.78 is 33.0. The van der Waals surface area contributed by atoms with Crippen molar-refractivity contribution < 1.29 is 28.2 Å². The molecule has 0 aromatic heterocycles. The van der Waals surface area contributed by atoms with Crippen LogP contribution in [0.3, 0.4) is 0 Å². The molecule has 0 radical (unpaired) electrons. The van der Waals surface area contributed by atoms with Crippen LogP contribution in [0.25, 0.3) is 0 Å². The molecule has 0 heterocycles. The number of carbonyl (C=O) groups is 2. The standard InChI is InChI=1S/C20H36F2O4/c1-9-14(20(21,22)15(23)24)26-16(25)19(8,17(5,6)10-2)13-18(7,11-3)12-4/h14H,9-13H2,1-8H3,(H,23,24). The van der Waals surface area contributed by atoms with Gasteiger partial charge in [0.05, 0.1) is 5.41 Å². The number of carbonyl (C=O) groups excluding carboxylic acids is 1. The predicted molar refractivity (Wildman–Crippen MR) is 98.2 cm³/mol. The molecule has 6 heteroatoms. The molecule has 0 aromatic rings. The van der Waals surface area contributed by atoms with Gasteiger partial charge in [0.2, 0.25) is 0 Å². The highest BCUT2D eigenvalue weighted by atomic mass is 19.3. The molecule has 0 rings (SSSR count). The fourth-order valence-corrected chi connectivity index (χ4v) is 3.14. The van der Waals surface area contributed by atoms with E-state index in [1.54, 1.807) is 6.92 Å². The Labute approximate surface area is 156 Å². The van der Waals surface area contributed by atoms with E-state index in [2.05, 4.69) is 6.92 Å². The van der Waals surface area contributed by atoms with Crippen LogP contribution in [0.15, 0.2) is 0 Å². The summed E-state index contributed by atoms with van der Waals surface area (Å²) in [7, 11) is 0. The van der Waals surface area contributed by atoms with Gasteiger partial charge in [0.1, 0.15) is 0 Å². The van der Waals surface area contributed by atoms with E-state index in [0.717, 1.165) is 12.8 Å². The topological polar surface area (TPSA) is 63.6 Å². The van der Waals surface area contributed by atoms with E-state index in [1.165, 1.54) is 6.92 Å². The quantitative estimate of drug-likeness (QED) is 0.469. The molecular weight excluding hydrogens is 342 g/mol. The largest absolute Gasteiger partial charge is 0.477 e. The zero-order valence-electron chi connectivity index (χ0n) is 17.5. The van der Waals surface area contributed by atoms with Gasteiger partial charge in [-0.2, -0.15) is 8.78 Å². The number of hydrogen-bond acceptors (Lipinski definition) is 3. The van der Waals surface area contributed by atoms with Crippen molar-refractivity contribution in [3.63, 3.8) is 0 Å². The van der Waals surface area contributed by atoms with Crippen LogP contribution in [0.1, 0.15) is 87.5 Å². The van der Waals surface area contributed by atoms with E-state index >= 15 is 0 Å². The van der Waals surface area contributed by atoms with Gasteiger partial charge in [0.15, 0.2) is 6.10 Å². The molecule has 4 nitrogen and oxygen atoms in total. The maximum atomic E-state index is 13.9. The number of rotatable bonds is 11. The summed E-state index contributed by atoms with van der Waals surface area (Å²) in [4.78, 5) is 24.0. The van der Waals surface area contributed by atoms with E-state index in [4.69, 9.17) is 9.84 Å². The van der Waals surface area contributed by atoms with Gasteiger partial charge in [-0.1, -0.05) is 61.3 Å². The van der Waals surface area contributed by atoms with Gasteiger partial charge in [-0.3, -0.25) is 4.79 Å². The monoisotopic (exact) mass is 378 g/mol. The maximum absolute atomic E-state index is 13.9. The Balaban J connectivity index is 5.92. The van der Waals surface area contributed by atoms with Crippen LogP contribution in [-0.2, 0) is 14.3 Å². The molecule has 0 aliphatic carbocycles. The average Bonchev–Trinajstić information content (AvgIpc) is 2.58. The molecule has 1 N–H and O–H groups in total. The second kappa shape index (κ2) is 8.66. The molecule has 0 amide bonds. The van der Waals surface area contributed by atoms with Gasteiger partial charge in [-0.15, -0.1) is 0 Å². The Morgan fingerprint density at radius 1 is 0.962 bits per heavy atom. The lowest BCUT2D eigenvalue weighted by Crippen LogP contribution is -2.50. The zero-order chi connectivity index (χ0) is 21.0. The van der Waals surface area contributed by atoms with Crippen molar-refractivity contribution in [2.24, 2.45) is 16.2 Å². The summed E-state index contributed by atoms with van der Waals surface area (Å²) in [5, 5.41) is 8.79. The minimum Gasteiger partial charge on any atom is -0.477 e. The highest BCUT2D eigenvalue weighted by Gasteiger charge is 2.54. The molecule has 0 fully saturated rings. The smallest absolute Gasteiger partial charge is 0.378 e. The summed E-state index contributed by atoms with van der Waals surface area (Å²) >= 11 is 0. The molecule has 2 unspecified atom stereocenters. The van der Waals surface area contributed by atoms with E-state index < -0.39 is 34.8 Å². The van der Waals surface area contributed by atoms with Crippen LogP contribution in [0.5, 0.6) is 0 Å². The zero-order valence-corrected chi connectivity index (χ0v) is 17.5. The summed E-state index contributed by atoms with van der Waals surface area (Å²) in [5.41, 5.74) is -1.64. The van der Waals surface area contributed by atoms with Gasteiger partial charge in [0, 0.05) is 0 Å². The Bertz CT molecular complexity index is 498. The van der Waals surface area contributed by atoms with Crippen molar-refractivity contribution in [2.45, 2.75) is 99.5 Å². The molecular formula is C20H36F2O4. The first-order valence-corrected chi connectivity index (χ1v) is 9.49. The maximum Gasteiger partial charge on any atom is 0.378 e. The summed E-state index contributed by atoms with van der Waals surface area (Å²) in [5.74, 6) is -7.13. The number of ether oxygens (including phenoxy) is 1. The minimum absolute atomic E-state index is 0.142. The SMILES string of the molecule is CCC(OC(=O)C(C)(CC(C)(CC)CC)C(C)(C)CC)C(F)(F)C(=O)O. The Morgan fingerprint density at radius 3 is 1.73 bits per heavy atom. The fourth-order valence-electron chi connectivity index (χ4n) is 3.14. The van der Waals surface area contributed by atoms with Gasteiger partial charge in [-0.05, 0) is 37.0 Å². The highest BCUT2D eigenvalue weighted by molar-refractivity contribution is 5.80. The second-order valence-corrected chi connectivity index (χ2v) is 8.49. The van der Waals surface area contributed by atoms with Crippen molar-refractivity contribution in [3.8, 4) is 0 Å². The normalized spacial score (nSPS) is 16.7. The Morgan fingerprint density at radius 2 is 1.42 bits per heavy atom. The lowest BCUT2D eigenvalue weighted by Gasteiger charge is -2.47. The van der Waals surface area contributed by atoms with Gasteiger partial charge in [0.25, 0.3) is 0 Å².